The highest BCUT2D eigenvalue weighted by Gasteiger charge is 2.30. The Morgan fingerprint density at radius 3 is 2.59 bits per heavy atom. The smallest absolute Gasteiger partial charge is 0.244 e. The van der Waals surface area contributed by atoms with Crippen LogP contribution < -0.4 is 4.90 Å². The summed E-state index contributed by atoms with van der Waals surface area (Å²) in [5.41, 5.74) is 1.07. The highest BCUT2D eigenvalue weighted by Crippen LogP contribution is 2.21. The number of carbonyl (C=O) groups excluding carboxylic acids is 1. The molecule has 1 atom stereocenters. The van der Waals surface area contributed by atoms with Gasteiger partial charge < -0.3 is 9.80 Å². The zero-order chi connectivity index (χ0) is 18.6. The van der Waals surface area contributed by atoms with E-state index in [1.807, 2.05) is 17.0 Å². The number of piperazine rings is 1. The molecule has 0 bridgehead atoms. The summed E-state index contributed by atoms with van der Waals surface area (Å²) in [6.45, 7) is 5.50. The van der Waals surface area contributed by atoms with Gasteiger partial charge in [0, 0.05) is 51.0 Å². The van der Waals surface area contributed by atoms with E-state index in [9.17, 15) is 9.18 Å². The molecule has 2 fully saturated rings. The molecule has 1 aromatic heterocycles. The molecule has 0 aliphatic carbocycles. The fraction of sp³-hybridized carbons (Fsp3) is 0.556. The maximum absolute atomic E-state index is 13.1. The molecule has 0 unspecified atom stereocenters. The van der Waals surface area contributed by atoms with Crippen LogP contribution in [0.3, 0.4) is 0 Å². The number of likely N-dealkylation sites (tertiary alicyclic amines) is 1. The number of hydrogen-bond acceptors (Lipinski definition) is 6. The number of anilines is 1. The van der Waals surface area contributed by atoms with E-state index < -0.39 is 0 Å². The van der Waals surface area contributed by atoms with Crippen LogP contribution in [0.1, 0.15) is 12.8 Å². The second-order valence-electron chi connectivity index (χ2n) is 7.14. The minimum atomic E-state index is -0.203. The summed E-state index contributed by atoms with van der Waals surface area (Å²) >= 11 is 0. The van der Waals surface area contributed by atoms with Gasteiger partial charge in [0.25, 0.3) is 0 Å². The van der Waals surface area contributed by atoms with Crippen molar-refractivity contribution in [3.8, 4) is 0 Å². The first-order valence-corrected chi connectivity index (χ1v) is 9.42. The van der Waals surface area contributed by atoms with Crippen LogP contribution >= 0.6 is 0 Å². The highest BCUT2D eigenvalue weighted by molar-refractivity contribution is 5.76. The van der Waals surface area contributed by atoms with Crippen molar-refractivity contribution in [1.29, 1.82) is 0 Å². The second-order valence-corrected chi connectivity index (χ2v) is 7.14. The van der Waals surface area contributed by atoms with E-state index in [1.165, 1.54) is 23.1 Å². The number of benzene rings is 1. The molecule has 2 aliphatic rings. The molecule has 4 rings (SSSR count). The van der Waals surface area contributed by atoms with Crippen LogP contribution in [0.15, 0.2) is 30.6 Å². The van der Waals surface area contributed by atoms with Gasteiger partial charge >= 0.3 is 0 Å². The minimum absolute atomic E-state index is 0.0666. The summed E-state index contributed by atoms with van der Waals surface area (Å²) in [5, 5.41) is 10.9. The molecule has 3 heterocycles. The lowest BCUT2D eigenvalue weighted by Crippen LogP contribution is -2.56. The maximum atomic E-state index is 13.1. The van der Waals surface area contributed by atoms with Gasteiger partial charge in [-0.2, -0.15) is 0 Å². The van der Waals surface area contributed by atoms with Gasteiger partial charge in [0.2, 0.25) is 5.91 Å². The van der Waals surface area contributed by atoms with Crippen molar-refractivity contribution in [2.45, 2.75) is 25.4 Å². The van der Waals surface area contributed by atoms with Crippen LogP contribution in [0.5, 0.6) is 0 Å². The first-order valence-electron chi connectivity index (χ1n) is 9.42. The predicted molar refractivity (Wildman–Crippen MR) is 97.6 cm³/mol. The molecule has 9 heteroatoms. The van der Waals surface area contributed by atoms with Crippen LogP contribution in [0, 0.1) is 5.82 Å². The Kier molecular flexibility index (Phi) is 5.28. The second kappa shape index (κ2) is 7.99. The molecular weight excluding hydrogens is 349 g/mol. The molecule has 0 saturated carbocycles. The van der Waals surface area contributed by atoms with Crippen LogP contribution in [0.25, 0.3) is 0 Å². The average molecular weight is 373 g/mol. The molecule has 2 saturated heterocycles. The number of halogens is 1. The van der Waals surface area contributed by atoms with Crippen LogP contribution in [-0.2, 0) is 11.3 Å². The first-order chi connectivity index (χ1) is 13.2. The van der Waals surface area contributed by atoms with Crippen molar-refractivity contribution in [2.75, 3.05) is 44.2 Å². The number of carbonyl (C=O) groups is 1. The predicted octanol–water partition coefficient (Wildman–Crippen LogP) is 0.625. The highest BCUT2D eigenvalue weighted by atomic mass is 19.1. The zero-order valence-electron chi connectivity index (χ0n) is 15.2. The molecule has 2 aliphatic heterocycles. The van der Waals surface area contributed by atoms with Crippen molar-refractivity contribution < 1.29 is 9.18 Å². The third kappa shape index (κ3) is 4.24. The van der Waals surface area contributed by atoms with Crippen molar-refractivity contribution >= 4 is 11.6 Å². The van der Waals surface area contributed by atoms with Crippen LogP contribution in [0.2, 0.25) is 0 Å². The third-order valence-corrected chi connectivity index (χ3v) is 5.46. The molecule has 1 aromatic carbocycles. The van der Waals surface area contributed by atoms with Gasteiger partial charge in [0.05, 0.1) is 0 Å². The summed E-state index contributed by atoms with van der Waals surface area (Å²) in [6, 6.07) is 7.09. The van der Waals surface area contributed by atoms with E-state index in [0.717, 1.165) is 57.8 Å². The third-order valence-electron chi connectivity index (χ3n) is 5.46. The van der Waals surface area contributed by atoms with Crippen LogP contribution in [0.4, 0.5) is 10.1 Å². The molecule has 8 nitrogen and oxygen atoms in total. The van der Waals surface area contributed by atoms with Crippen LogP contribution in [-0.4, -0.2) is 81.2 Å². The lowest BCUT2D eigenvalue weighted by Gasteiger charge is -2.44. The summed E-state index contributed by atoms with van der Waals surface area (Å²) in [5.74, 6) is -0.136. The molecular formula is C18H24FN7O. The van der Waals surface area contributed by atoms with Crippen molar-refractivity contribution in [2.24, 2.45) is 0 Å². The Bertz CT molecular complexity index is 744. The Morgan fingerprint density at radius 1 is 1.11 bits per heavy atom. The molecule has 0 spiro atoms. The lowest BCUT2D eigenvalue weighted by atomic mass is 10.0. The van der Waals surface area contributed by atoms with Gasteiger partial charge in [-0.25, -0.2) is 9.07 Å². The van der Waals surface area contributed by atoms with E-state index in [4.69, 9.17) is 0 Å². The van der Waals surface area contributed by atoms with Gasteiger partial charge in [0.15, 0.2) is 0 Å². The summed E-state index contributed by atoms with van der Waals surface area (Å²) in [6.07, 6.45) is 3.60. The topological polar surface area (TPSA) is 70.4 Å². The molecule has 27 heavy (non-hydrogen) atoms. The minimum Gasteiger partial charge on any atom is -0.369 e. The van der Waals surface area contributed by atoms with Gasteiger partial charge in [-0.1, -0.05) is 0 Å². The van der Waals surface area contributed by atoms with E-state index in [0.29, 0.717) is 6.04 Å². The fourth-order valence-corrected chi connectivity index (χ4v) is 3.97. The molecule has 0 radical (unpaired) electrons. The van der Waals surface area contributed by atoms with Gasteiger partial charge in [-0.15, -0.1) is 5.10 Å². The SMILES string of the molecule is O=C(Cn1cnnn1)N1CCC[C@H](N2CCN(c3ccc(F)cc3)CC2)C1. The van der Waals surface area contributed by atoms with E-state index in [2.05, 4.69) is 25.3 Å². The zero-order valence-corrected chi connectivity index (χ0v) is 15.2. The fourth-order valence-electron chi connectivity index (χ4n) is 3.97. The Balaban J connectivity index is 1.30. The number of amides is 1. The average Bonchev–Trinajstić information content (AvgIpc) is 3.22. The van der Waals surface area contributed by atoms with Crippen molar-refractivity contribution in [1.82, 2.24) is 30.0 Å². The van der Waals surface area contributed by atoms with Gasteiger partial charge in [0.1, 0.15) is 18.7 Å². The quantitative estimate of drug-likeness (QED) is 0.783. The standard InChI is InChI=1S/C18H24FN7O/c19-15-3-5-16(6-4-15)23-8-10-24(11-9-23)17-2-1-7-25(12-17)18(27)13-26-14-20-21-22-26/h3-6,14,17H,1-2,7-13H2/t17-/m0/s1. The lowest BCUT2D eigenvalue weighted by molar-refractivity contribution is -0.134. The number of nitrogens with zero attached hydrogens (tertiary/aromatic N) is 7. The summed E-state index contributed by atoms with van der Waals surface area (Å²) in [4.78, 5) is 19.2. The molecule has 2 aromatic rings. The van der Waals surface area contributed by atoms with E-state index in [1.54, 1.807) is 0 Å². The van der Waals surface area contributed by atoms with Crippen molar-refractivity contribution in [3.05, 3.63) is 36.4 Å². The number of piperidine rings is 1. The summed E-state index contributed by atoms with van der Waals surface area (Å²) < 4.78 is 14.6. The number of rotatable bonds is 4. The number of tetrazole rings is 1. The van der Waals surface area contributed by atoms with Crippen molar-refractivity contribution in [3.63, 3.8) is 0 Å². The first kappa shape index (κ1) is 17.8. The summed E-state index contributed by atoms with van der Waals surface area (Å²) in [7, 11) is 0. The normalized spacial score (nSPS) is 21.4. The Hall–Kier alpha value is -2.55. The monoisotopic (exact) mass is 373 g/mol. The molecule has 1 amide bonds. The number of hydrogen-bond donors (Lipinski definition) is 0. The molecule has 0 N–H and O–H groups in total. The Labute approximate surface area is 157 Å². The van der Waals surface area contributed by atoms with Gasteiger partial charge in [-0.3, -0.25) is 9.69 Å². The van der Waals surface area contributed by atoms with E-state index in [-0.39, 0.29) is 18.3 Å². The largest absolute Gasteiger partial charge is 0.369 e. The maximum Gasteiger partial charge on any atom is 0.244 e. The Morgan fingerprint density at radius 2 is 1.89 bits per heavy atom. The molecule has 144 valence electrons. The van der Waals surface area contributed by atoms with E-state index >= 15 is 0 Å². The number of aromatic nitrogens is 4. The van der Waals surface area contributed by atoms with Gasteiger partial charge in [-0.05, 0) is 47.5 Å².